The van der Waals surface area contributed by atoms with Gasteiger partial charge in [0.1, 0.15) is 5.82 Å². The second kappa shape index (κ2) is 7.53. The van der Waals surface area contributed by atoms with Gasteiger partial charge in [-0.25, -0.2) is 13.4 Å². The summed E-state index contributed by atoms with van der Waals surface area (Å²) in [4.78, 5) is 27.3. The van der Waals surface area contributed by atoms with Crippen molar-refractivity contribution in [1.82, 2.24) is 28.7 Å². The molecule has 3 heterocycles. The monoisotopic (exact) mass is 414 g/mol. The highest BCUT2D eigenvalue weighted by Crippen LogP contribution is 2.19. The predicted molar refractivity (Wildman–Crippen MR) is 107 cm³/mol. The van der Waals surface area contributed by atoms with Crippen LogP contribution in [0.4, 0.5) is 0 Å². The van der Waals surface area contributed by atoms with Crippen LogP contribution in [0.1, 0.15) is 22.6 Å². The molecule has 1 saturated heterocycles. The quantitative estimate of drug-likeness (QED) is 0.638. The lowest BCUT2D eigenvalue weighted by Crippen LogP contribution is -2.37. The summed E-state index contributed by atoms with van der Waals surface area (Å²) in [6.45, 7) is 3.16. The minimum absolute atomic E-state index is 0.0466. The summed E-state index contributed by atoms with van der Waals surface area (Å²) in [6.07, 6.45) is 5.28. The third kappa shape index (κ3) is 3.73. The summed E-state index contributed by atoms with van der Waals surface area (Å²) in [6, 6.07) is 5.23. The molecule has 0 radical (unpaired) electrons. The molecular formula is C19H22N6O3S. The Labute approximate surface area is 169 Å². The van der Waals surface area contributed by atoms with Gasteiger partial charge >= 0.3 is 0 Å². The highest BCUT2D eigenvalue weighted by molar-refractivity contribution is 7.89. The van der Waals surface area contributed by atoms with Gasteiger partial charge < -0.3 is 9.47 Å². The van der Waals surface area contributed by atoms with Crippen LogP contribution in [0.25, 0.3) is 11.0 Å². The van der Waals surface area contributed by atoms with Crippen molar-refractivity contribution in [1.29, 1.82) is 0 Å². The molecule has 1 aliphatic rings. The van der Waals surface area contributed by atoms with Crippen molar-refractivity contribution in [2.45, 2.75) is 18.4 Å². The van der Waals surface area contributed by atoms with E-state index in [0.29, 0.717) is 43.0 Å². The van der Waals surface area contributed by atoms with Crippen LogP contribution in [0.3, 0.4) is 0 Å². The highest BCUT2D eigenvalue weighted by Gasteiger charge is 2.30. The number of amides is 1. The molecule has 3 aromatic rings. The average molecular weight is 414 g/mol. The van der Waals surface area contributed by atoms with Crippen LogP contribution < -0.4 is 0 Å². The Balaban J connectivity index is 1.51. The lowest BCUT2D eigenvalue weighted by atomic mass is 10.1. The largest absolute Gasteiger partial charge is 0.337 e. The Morgan fingerprint density at radius 3 is 2.52 bits per heavy atom. The van der Waals surface area contributed by atoms with E-state index in [2.05, 4.69) is 15.0 Å². The molecule has 1 aliphatic heterocycles. The normalized spacial score (nSPS) is 16.1. The number of sulfonamides is 1. The first kappa shape index (κ1) is 19.5. The van der Waals surface area contributed by atoms with E-state index in [1.165, 1.54) is 10.5 Å². The van der Waals surface area contributed by atoms with E-state index in [9.17, 15) is 13.2 Å². The van der Waals surface area contributed by atoms with Gasteiger partial charge in [-0.1, -0.05) is 0 Å². The maximum Gasteiger partial charge on any atom is 0.262 e. The maximum atomic E-state index is 13.0. The van der Waals surface area contributed by atoms with Gasteiger partial charge in [0.25, 0.3) is 15.9 Å². The average Bonchev–Trinajstić information content (AvgIpc) is 2.93. The summed E-state index contributed by atoms with van der Waals surface area (Å²) in [5, 5.41) is 0.0466. The smallest absolute Gasteiger partial charge is 0.262 e. The number of nitrogens with zero attached hydrogens (tertiary/aromatic N) is 6. The van der Waals surface area contributed by atoms with E-state index in [0.717, 1.165) is 5.52 Å². The molecule has 0 atom stereocenters. The summed E-state index contributed by atoms with van der Waals surface area (Å²) < 4.78 is 29.0. The number of rotatable bonds is 3. The van der Waals surface area contributed by atoms with Crippen molar-refractivity contribution < 1.29 is 13.2 Å². The number of aromatic nitrogens is 4. The zero-order chi connectivity index (χ0) is 20.6. The van der Waals surface area contributed by atoms with Crippen LogP contribution in [0.5, 0.6) is 0 Å². The molecule has 0 spiro atoms. The number of fused-ring (bicyclic) bond motifs is 1. The summed E-state index contributed by atoms with van der Waals surface area (Å²) in [5.74, 6) is 0.500. The van der Waals surface area contributed by atoms with Gasteiger partial charge in [0.2, 0.25) is 0 Å². The number of hydrogen-bond donors (Lipinski definition) is 0. The van der Waals surface area contributed by atoms with Crippen LogP contribution in [-0.4, -0.2) is 69.2 Å². The molecule has 4 rings (SSSR count). The SMILES string of the molecule is Cc1nc(S(=O)(=O)N2CCCN(C(=O)c3ccc4nccnc4c3)CC2)cn1C. The molecule has 0 saturated carbocycles. The van der Waals surface area contributed by atoms with Crippen molar-refractivity contribution in [3.63, 3.8) is 0 Å². The Bertz CT molecular complexity index is 1150. The molecular weight excluding hydrogens is 392 g/mol. The third-order valence-corrected chi connectivity index (χ3v) is 6.92. The number of carbonyl (C=O) groups is 1. The Hall–Kier alpha value is -2.85. The van der Waals surface area contributed by atoms with E-state index < -0.39 is 10.0 Å². The van der Waals surface area contributed by atoms with Crippen LogP contribution in [0.2, 0.25) is 0 Å². The zero-order valence-corrected chi connectivity index (χ0v) is 17.1. The molecule has 10 heteroatoms. The molecule has 0 unspecified atom stereocenters. The van der Waals surface area contributed by atoms with E-state index in [-0.39, 0.29) is 17.5 Å². The van der Waals surface area contributed by atoms with E-state index in [1.807, 2.05) is 0 Å². The molecule has 0 N–H and O–H groups in total. The lowest BCUT2D eigenvalue weighted by Gasteiger charge is -2.21. The fourth-order valence-electron chi connectivity index (χ4n) is 3.40. The minimum Gasteiger partial charge on any atom is -0.337 e. The van der Waals surface area contributed by atoms with Crippen molar-refractivity contribution in [3.05, 3.63) is 48.2 Å². The minimum atomic E-state index is -3.68. The molecule has 1 fully saturated rings. The number of hydrogen-bond acceptors (Lipinski definition) is 6. The van der Waals surface area contributed by atoms with Crippen LogP contribution in [0, 0.1) is 6.92 Å². The molecule has 29 heavy (non-hydrogen) atoms. The fraction of sp³-hybridized carbons (Fsp3) is 0.368. The van der Waals surface area contributed by atoms with E-state index >= 15 is 0 Å². The van der Waals surface area contributed by atoms with Crippen molar-refractivity contribution in [2.75, 3.05) is 26.2 Å². The third-order valence-electron chi connectivity index (χ3n) is 5.15. The maximum absolute atomic E-state index is 13.0. The molecule has 0 bridgehead atoms. The summed E-state index contributed by atoms with van der Waals surface area (Å²) >= 11 is 0. The molecule has 152 valence electrons. The van der Waals surface area contributed by atoms with Gasteiger partial charge in [-0.15, -0.1) is 0 Å². The van der Waals surface area contributed by atoms with Gasteiger partial charge in [0.05, 0.1) is 11.0 Å². The van der Waals surface area contributed by atoms with E-state index in [1.54, 1.807) is 54.0 Å². The number of imidazole rings is 1. The van der Waals surface area contributed by atoms with Crippen molar-refractivity contribution in [3.8, 4) is 0 Å². The Morgan fingerprint density at radius 2 is 1.79 bits per heavy atom. The lowest BCUT2D eigenvalue weighted by molar-refractivity contribution is 0.0764. The second-order valence-electron chi connectivity index (χ2n) is 7.05. The van der Waals surface area contributed by atoms with Crippen LogP contribution >= 0.6 is 0 Å². The van der Waals surface area contributed by atoms with Crippen LogP contribution in [0.15, 0.2) is 41.8 Å². The Morgan fingerprint density at radius 1 is 1.03 bits per heavy atom. The first-order valence-corrected chi connectivity index (χ1v) is 10.8. The highest BCUT2D eigenvalue weighted by atomic mass is 32.2. The summed E-state index contributed by atoms with van der Waals surface area (Å²) in [7, 11) is -1.92. The van der Waals surface area contributed by atoms with E-state index in [4.69, 9.17) is 0 Å². The number of carbonyl (C=O) groups excluding carboxylic acids is 1. The predicted octanol–water partition coefficient (Wildman–Crippen LogP) is 1.21. The second-order valence-corrected chi connectivity index (χ2v) is 8.93. The van der Waals surface area contributed by atoms with Gasteiger partial charge in [-0.2, -0.15) is 4.31 Å². The molecule has 1 amide bonds. The molecule has 9 nitrogen and oxygen atoms in total. The van der Waals surface area contributed by atoms with Gasteiger partial charge in [-0.05, 0) is 31.5 Å². The van der Waals surface area contributed by atoms with Gasteiger partial charge in [0.15, 0.2) is 5.03 Å². The van der Waals surface area contributed by atoms with Crippen molar-refractivity contribution in [2.24, 2.45) is 7.05 Å². The van der Waals surface area contributed by atoms with Gasteiger partial charge in [0, 0.05) is 57.4 Å². The molecule has 2 aromatic heterocycles. The number of aryl methyl sites for hydroxylation is 2. The molecule has 0 aliphatic carbocycles. The van der Waals surface area contributed by atoms with Gasteiger partial charge in [-0.3, -0.25) is 14.8 Å². The first-order chi connectivity index (χ1) is 13.9. The standard InChI is InChI=1S/C19H22N6O3S/c1-14-22-18(13-23(14)2)29(27,28)25-9-3-8-24(10-11-25)19(26)15-4-5-16-17(12-15)21-7-6-20-16/h4-7,12-13H,3,8-11H2,1-2H3. The Kier molecular flexibility index (Phi) is 5.05. The molecule has 1 aromatic carbocycles. The fourth-order valence-corrected chi connectivity index (χ4v) is 4.89. The zero-order valence-electron chi connectivity index (χ0n) is 16.3. The van der Waals surface area contributed by atoms with Crippen molar-refractivity contribution >= 4 is 27.0 Å². The number of benzene rings is 1. The van der Waals surface area contributed by atoms with Crippen LogP contribution in [-0.2, 0) is 17.1 Å². The topological polar surface area (TPSA) is 101 Å². The summed E-state index contributed by atoms with van der Waals surface area (Å²) in [5.41, 5.74) is 1.90. The first-order valence-electron chi connectivity index (χ1n) is 9.36.